The number of thiophene rings is 1. The van der Waals surface area contributed by atoms with E-state index in [0.29, 0.717) is 30.4 Å². The second-order valence-electron chi connectivity index (χ2n) is 5.65. The lowest BCUT2D eigenvalue weighted by Gasteiger charge is -2.15. The van der Waals surface area contributed by atoms with Crippen molar-refractivity contribution in [1.82, 2.24) is 20.0 Å². The number of H-pyrrole nitrogens is 1. The number of nitrogens with zero attached hydrogens (tertiary/aromatic N) is 3. The molecular weight excluding hydrogens is 328 g/mol. The normalized spacial score (nSPS) is 17.3. The van der Waals surface area contributed by atoms with Gasteiger partial charge in [-0.3, -0.25) is 9.59 Å². The Kier molecular flexibility index (Phi) is 3.73. The van der Waals surface area contributed by atoms with Crippen molar-refractivity contribution in [3.63, 3.8) is 0 Å². The van der Waals surface area contributed by atoms with Crippen molar-refractivity contribution in [1.29, 1.82) is 0 Å². The molecule has 1 fully saturated rings. The number of hydrogen-bond acceptors (Lipinski definition) is 6. The predicted octanol–water partition coefficient (Wildman–Crippen LogP) is 2.12. The van der Waals surface area contributed by atoms with Gasteiger partial charge in [0.25, 0.3) is 11.8 Å². The van der Waals surface area contributed by atoms with Crippen molar-refractivity contribution < 1.29 is 9.32 Å². The highest BCUT2D eigenvalue weighted by Gasteiger charge is 2.31. The standard InChI is InChI=1S/C16H14N4O3S/c21-13-2-1-10(7-17-13)16(22)20-5-3-11(8-20)14-18-15(23-19-14)12-4-6-24-9-12/h1-2,4,6-7,9,11H,3,5,8H2,(H,17,21). The molecule has 1 aliphatic rings. The van der Waals surface area contributed by atoms with Crippen LogP contribution < -0.4 is 5.56 Å². The molecule has 7 nitrogen and oxygen atoms in total. The van der Waals surface area contributed by atoms with E-state index in [9.17, 15) is 9.59 Å². The molecule has 0 saturated carbocycles. The van der Waals surface area contributed by atoms with Crippen LogP contribution in [0.2, 0.25) is 0 Å². The number of hydrogen-bond donors (Lipinski definition) is 1. The first-order chi connectivity index (χ1) is 11.7. The summed E-state index contributed by atoms with van der Waals surface area (Å²) in [6.45, 7) is 1.17. The van der Waals surface area contributed by atoms with Crippen LogP contribution in [0, 0.1) is 0 Å². The molecule has 3 aromatic heterocycles. The monoisotopic (exact) mass is 342 g/mol. The van der Waals surface area contributed by atoms with E-state index in [1.54, 1.807) is 16.2 Å². The van der Waals surface area contributed by atoms with Gasteiger partial charge in [0, 0.05) is 36.7 Å². The van der Waals surface area contributed by atoms with Crippen molar-refractivity contribution in [2.45, 2.75) is 12.3 Å². The van der Waals surface area contributed by atoms with Crippen molar-refractivity contribution in [2.24, 2.45) is 0 Å². The van der Waals surface area contributed by atoms with Gasteiger partial charge >= 0.3 is 0 Å². The average Bonchev–Trinajstić information content (AvgIpc) is 3.33. The lowest BCUT2D eigenvalue weighted by molar-refractivity contribution is 0.0790. The summed E-state index contributed by atoms with van der Waals surface area (Å²) in [6, 6.07) is 4.83. The quantitative estimate of drug-likeness (QED) is 0.787. The zero-order chi connectivity index (χ0) is 16.5. The van der Waals surface area contributed by atoms with E-state index >= 15 is 0 Å². The number of carbonyl (C=O) groups excluding carboxylic acids is 1. The van der Waals surface area contributed by atoms with E-state index in [2.05, 4.69) is 15.1 Å². The maximum Gasteiger partial charge on any atom is 0.258 e. The molecular formula is C16H14N4O3S. The third-order valence-electron chi connectivity index (χ3n) is 4.08. The molecule has 4 rings (SSSR count). The van der Waals surface area contributed by atoms with E-state index in [0.717, 1.165) is 12.0 Å². The molecule has 1 unspecified atom stereocenters. The van der Waals surface area contributed by atoms with Gasteiger partial charge in [-0.15, -0.1) is 0 Å². The summed E-state index contributed by atoms with van der Waals surface area (Å²) in [4.78, 5) is 32.3. The molecule has 1 aliphatic heterocycles. The first-order valence-corrected chi connectivity index (χ1v) is 8.49. The third-order valence-corrected chi connectivity index (χ3v) is 4.76. The van der Waals surface area contributed by atoms with E-state index in [1.807, 2.05) is 16.8 Å². The summed E-state index contributed by atoms with van der Waals surface area (Å²) in [7, 11) is 0. The Hall–Kier alpha value is -2.74. The highest BCUT2D eigenvalue weighted by molar-refractivity contribution is 7.08. The first kappa shape index (κ1) is 14.8. The SMILES string of the molecule is O=C(c1ccc(=O)[nH]c1)N1CCC(c2noc(-c3ccsc3)n2)C1. The molecule has 4 heterocycles. The minimum absolute atomic E-state index is 0.0628. The lowest BCUT2D eigenvalue weighted by atomic mass is 10.1. The number of nitrogens with one attached hydrogen (secondary N) is 1. The lowest BCUT2D eigenvalue weighted by Crippen LogP contribution is -2.29. The molecule has 1 saturated heterocycles. The molecule has 3 aromatic rings. The molecule has 0 bridgehead atoms. The minimum Gasteiger partial charge on any atom is -0.338 e. The number of aromatic nitrogens is 3. The highest BCUT2D eigenvalue weighted by atomic mass is 32.1. The van der Waals surface area contributed by atoms with Crippen LogP contribution in [0.1, 0.15) is 28.5 Å². The van der Waals surface area contributed by atoms with Crippen LogP contribution in [0.3, 0.4) is 0 Å². The van der Waals surface area contributed by atoms with Crippen molar-refractivity contribution in [3.8, 4) is 11.5 Å². The van der Waals surface area contributed by atoms with Crippen LogP contribution in [0.25, 0.3) is 11.5 Å². The number of likely N-dealkylation sites (tertiary alicyclic amines) is 1. The van der Waals surface area contributed by atoms with Gasteiger partial charge in [0.05, 0.1) is 11.1 Å². The molecule has 1 atom stereocenters. The fraction of sp³-hybridized carbons (Fsp3) is 0.250. The minimum atomic E-state index is -0.224. The molecule has 0 aliphatic carbocycles. The third kappa shape index (κ3) is 2.76. The molecule has 122 valence electrons. The van der Waals surface area contributed by atoms with E-state index in [-0.39, 0.29) is 17.4 Å². The first-order valence-electron chi connectivity index (χ1n) is 7.55. The van der Waals surface area contributed by atoms with Crippen LogP contribution in [-0.4, -0.2) is 39.0 Å². The van der Waals surface area contributed by atoms with E-state index < -0.39 is 0 Å². The average molecular weight is 342 g/mol. The number of carbonyl (C=O) groups is 1. The zero-order valence-electron chi connectivity index (χ0n) is 12.6. The topological polar surface area (TPSA) is 92.1 Å². The fourth-order valence-corrected chi connectivity index (χ4v) is 3.42. The van der Waals surface area contributed by atoms with Crippen LogP contribution in [0.5, 0.6) is 0 Å². The number of pyridine rings is 1. The van der Waals surface area contributed by atoms with E-state index in [4.69, 9.17) is 4.52 Å². The van der Waals surface area contributed by atoms with Crippen LogP contribution in [0.4, 0.5) is 0 Å². The number of aromatic amines is 1. The van der Waals surface area contributed by atoms with Gasteiger partial charge in [0.2, 0.25) is 5.56 Å². The van der Waals surface area contributed by atoms with E-state index in [1.165, 1.54) is 18.3 Å². The number of rotatable bonds is 3. The Balaban J connectivity index is 1.47. The van der Waals surface area contributed by atoms with Crippen LogP contribution in [0.15, 0.2) is 44.5 Å². The van der Waals surface area contributed by atoms with Crippen molar-refractivity contribution in [3.05, 3.63) is 56.9 Å². The Bertz CT molecular complexity index is 895. The van der Waals surface area contributed by atoms with Crippen LogP contribution >= 0.6 is 11.3 Å². The van der Waals surface area contributed by atoms with Gasteiger partial charge in [0.1, 0.15) is 0 Å². The maximum atomic E-state index is 12.5. The second kappa shape index (κ2) is 6.04. The molecule has 0 spiro atoms. The Morgan fingerprint density at radius 2 is 2.29 bits per heavy atom. The van der Waals surface area contributed by atoms with Gasteiger partial charge in [-0.2, -0.15) is 16.3 Å². The highest BCUT2D eigenvalue weighted by Crippen LogP contribution is 2.28. The van der Waals surface area contributed by atoms with Crippen molar-refractivity contribution >= 4 is 17.2 Å². The Labute approximate surface area is 140 Å². The molecule has 1 amide bonds. The summed E-state index contributed by atoms with van der Waals surface area (Å²) in [5.41, 5.74) is 1.17. The molecule has 0 radical (unpaired) electrons. The predicted molar refractivity (Wildman–Crippen MR) is 87.9 cm³/mol. The largest absolute Gasteiger partial charge is 0.338 e. The van der Waals surface area contributed by atoms with Crippen LogP contribution in [-0.2, 0) is 0 Å². The molecule has 24 heavy (non-hydrogen) atoms. The fourth-order valence-electron chi connectivity index (χ4n) is 2.79. The van der Waals surface area contributed by atoms with Gasteiger partial charge in [0.15, 0.2) is 5.82 Å². The maximum absolute atomic E-state index is 12.5. The summed E-state index contributed by atoms with van der Waals surface area (Å²) in [5, 5.41) is 7.98. The van der Waals surface area contributed by atoms with Gasteiger partial charge in [-0.1, -0.05) is 5.16 Å². The Morgan fingerprint density at radius 3 is 3.04 bits per heavy atom. The molecule has 8 heteroatoms. The summed E-state index contributed by atoms with van der Waals surface area (Å²) in [5.74, 6) is 1.10. The van der Waals surface area contributed by atoms with Gasteiger partial charge in [-0.05, 0) is 23.9 Å². The number of amides is 1. The Morgan fingerprint density at radius 1 is 1.38 bits per heavy atom. The summed E-state index contributed by atoms with van der Waals surface area (Å²) in [6.07, 6.45) is 2.23. The molecule has 0 aromatic carbocycles. The van der Waals surface area contributed by atoms with Gasteiger partial charge < -0.3 is 14.4 Å². The van der Waals surface area contributed by atoms with Gasteiger partial charge in [-0.25, -0.2) is 0 Å². The summed E-state index contributed by atoms with van der Waals surface area (Å²) < 4.78 is 5.32. The smallest absolute Gasteiger partial charge is 0.258 e. The molecule has 1 N–H and O–H groups in total. The second-order valence-corrected chi connectivity index (χ2v) is 6.43. The summed E-state index contributed by atoms with van der Waals surface area (Å²) >= 11 is 1.57. The van der Waals surface area contributed by atoms with Crippen molar-refractivity contribution in [2.75, 3.05) is 13.1 Å². The zero-order valence-corrected chi connectivity index (χ0v) is 13.5.